The number of para-hydroxylation sites is 1. The summed E-state index contributed by atoms with van der Waals surface area (Å²) in [6, 6.07) is 17.0. The topological polar surface area (TPSA) is 63.5 Å². The van der Waals surface area contributed by atoms with Gasteiger partial charge in [0.15, 0.2) is 0 Å². The molecule has 0 saturated heterocycles. The highest BCUT2D eigenvalue weighted by molar-refractivity contribution is 6.06. The van der Waals surface area contributed by atoms with Crippen molar-refractivity contribution >= 4 is 22.5 Å². The Balaban J connectivity index is 1.93. The molecule has 0 unspecified atom stereocenters. The van der Waals surface area contributed by atoms with Crippen LogP contribution in [-0.2, 0) is 17.9 Å². The Morgan fingerprint density at radius 1 is 1.17 bits per heavy atom. The molecule has 0 spiro atoms. The van der Waals surface area contributed by atoms with E-state index in [9.17, 15) is 9.90 Å². The number of hydrogen-bond donors (Lipinski definition) is 2. The zero-order chi connectivity index (χ0) is 16.9. The Labute approximate surface area is 140 Å². The van der Waals surface area contributed by atoms with E-state index in [1.807, 2.05) is 47.0 Å². The Morgan fingerprint density at radius 3 is 2.79 bits per heavy atom. The number of methoxy groups -OCH3 is 1. The Bertz CT molecular complexity index is 855. The summed E-state index contributed by atoms with van der Waals surface area (Å²) in [6.45, 7) is 1.07. The lowest BCUT2D eigenvalue weighted by Gasteiger charge is -2.11. The number of hydrogen-bond acceptors (Lipinski definition) is 3. The lowest BCUT2D eigenvalue weighted by atomic mass is 10.2. The first-order valence-electron chi connectivity index (χ1n) is 7.81. The number of carbonyl (C=O) groups is 1. The Morgan fingerprint density at radius 2 is 2.00 bits per heavy atom. The number of carbonyl (C=O) groups excluding carboxylic acids is 1. The summed E-state index contributed by atoms with van der Waals surface area (Å²) in [4.78, 5) is 12.7. The van der Waals surface area contributed by atoms with Crippen molar-refractivity contribution in [3.05, 3.63) is 65.9 Å². The Kier molecular flexibility index (Phi) is 4.93. The molecule has 124 valence electrons. The smallest absolute Gasteiger partial charge is 0.272 e. The van der Waals surface area contributed by atoms with E-state index in [-0.39, 0.29) is 12.5 Å². The van der Waals surface area contributed by atoms with Gasteiger partial charge in [0.05, 0.1) is 13.2 Å². The van der Waals surface area contributed by atoms with Crippen LogP contribution in [0.5, 0.6) is 0 Å². The van der Waals surface area contributed by atoms with Crippen molar-refractivity contribution in [3.63, 3.8) is 0 Å². The van der Waals surface area contributed by atoms with Crippen molar-refractivity contribution in [1.82, 2.24) is 4.57 Å². The number of nitrogens with one attached hydrogen (secondary N) is 1. The third-order valence-electron chi connectivity index (χ3n) is 3.93. The number of ether oxygens (including phenoxy) is 1. The van der Waals surface area contributed by atoms with Crippen LogP contribution in [0.25, 0.3) is 10.9 Å². The van der Waals surface area contributed by atoms with Crippen molar-refractivity contribution in [3.8, 4) is 0 Å². The molecular formula is C19H20N2O3. The highest BCUT2D eigenvalue weighted by atomic mass is 16.5. The van der Waals surface area contributed by atoms with Crippen LogP contribution in [-0.4, -0.2) is 29.3 Å². The average molecular weight is 324 g/mol. The molecule has 5 heteroatoms. The zero-order valence-electron chi connectivity index (χ0n) is 13.5. The fourth-order valence-electron chi connectivity index (χ4n) is 2.76. The number of aliphatic hydroxyl groups is 1. The SMILES string of the molecule is COCCn1c(C(=O)Nc2cccc(CO)c2)cc2ccccc21. The monoisotopic (exact) mass is 324 g/mol. The maximum Gasteiger partial charge on any atom is 0.272 e. The first kappa shape index (κ1) is 16.2. The molecule has 1 heterocycles. The van der Waals surface area contributed by atoms with Gasteiger partial charge in [0.25, 0.3) is 5.91 Å². The van der Waals surface area contributed by atoms with Gasteiger partial charge in [0.1, 0.15) is 5.69 Å². The van der Waals surface area contributed by atoms with E-state index in [0.717, 1.165) is 16.5 Å². The van der Waals surface area contributed by atoms with Gasteiger partial charge in [-0.15, -0.1) is 0 Å². The van der Waals surface area contributed by atoms with Gasteiger partial charge in [0.2, 0.25) is 0 Å². The highest BCUT2D eigenvalue weighted by Crippen LogP contribution is 2.21. The number of fused-ring (bicyclic) bond motifs is 1. The number of benzene rings is 2. The van der Waals surface area contributed by atoms with E-state index in [1.165, 1.54) is 0 Å². The summed E-state index contributed by atoms with van der Waals surface area (Å²) in [5, 5.41) is 13.1. The second kappa shape index (κ2) is 7.29. The molecule has 24 heavy (non-hydrogen) atoms. The highest BCUT2D eigenvalue weighted by Gasteiger charge is 2.15. The summed E-state index contributed by atoms with van der Waals surface area (Å²) in [6.07, 6.45) is 0. The van der Waals surface area contributed by atoms with Gasteiger partial charge >= 0.3 is 0 Å². The second-order valence-electron chi connectivity index (χ2n) is 5.55. The number of anilines is 1. The second-order valence-corrected chi connectivity index (χ2v) is 5.55. The minimum Gasteiger partial charge on any atom is -0.392 e. The summed E-state index contributed by atoms with van der Waals surface area (Å²) in [5.41, 5.74) is 3.01. The summed E-state index contributed by atoms with van der Waals surface area (Å²) >= 11 is 0. The van der Waals surface area contributed by atoms with Crippen molar-refractivity contribution in [2.75, 3.05) is 19.0 Å². The number of aromatic nitrogens is 1. The number of rotatable bonds is 6. The van der Waals surface area contributed by atoms with E-state index < -0.39 is 0 Å². The van der Waals surface area contributed by atoms with Crippen LogP contribution in [0.2, 0.25) is 0 Å². The number of amides is 1. The van der Waals surface area contributed by atoms with Crippen LogP contribution in [0.4, 0.5) is 5.69 Å². The zero-order valence-corrected chi connectivity index (χ0v) is 13.5. The molecule has 3 aromatic rings. The lowest BCUT2D eigenvalue weighted by Crippen LogP contribution is -2.18. The first-order valence-corrected chi connectivity index (χ1v) is 7.81. The molecule has 2 aromatic carbocycles. The average Bonchev–Trinajstić information content (AvgIpc) is 2.99. The van der Waals surface area contributed by atoms with Crippen LogP contribution in [0.15, 0.2) is 54.6 Å². The lowest BCUT2D eigenvalue weighted by molar-refractivity contribution is 0.101. The molecule has 0 aliphatic rings. The molecule has 0 bridgehead atoms. The molecule has 0 atom stereocenters. The van der Waals surface area contributed by atoms with Crippen molar-refractivity contribution in [1.29, 1.82) is 0 Å². The van der Waals surface area contributed by atoms with Gasteiger partial charge in [-0.1, -0.05) is 30.3 Å². The van der Waals surface area contributed by atoms with Crippen LogP contribution in [0, 0.1) is 0 Å². The minimum atomic E-state index is -0.183. The summed E-state index contributed by atoms with van der Waals surface area (Å²) < 4.78 is 7.13. The van der Waals surface area contributed by atoms with Crippen LogP contribution in [0.1, 0.15) is 16.1 Å². The summed E-state index contributed by atoms with van der Waals surface area (Å²) in [7, 11) is 1.64. The van der Waals surface area contributed by atoms with Crippen LogP contribution < -0.4 is 5.32 Å². The van der Waals surface area contributed by atoms with Gasteiger partial charge in [-0.25, -0.2) is 0 Å². The van der Waals surface area contributed by atoms with Gasteiger partial charge in [-0.2, -0.15) is 0 Å². The van der Waals surface area contributed by atoms with Crippen molar-refractivity contribution in [2.45, 2.75) is 13.2 Å². The molecule has 1 amide bonds. The van der Waals surface area contributed by atoms with E-state index >= 15 is 0 Å². The molecular weight excluding hydrogens is 304 g/mol. The Hall–Kier alpha value is -2.63. The van der Waals surface area contributed by atoms with E-state index in [2.05, 4.69) is 5.32 Å². The fraction of sp³-hybridized carbons (Fsp3) is 0.211. The summed E-state index contributed by atoms with van der Waals surface area (Å²) in [5.74, 6) is -0.183. The predicted octanol–water partition coefficient (Wildman–Crippen LogP) is 3.03. The maximum atomic E-state index is 12.7. The van der Waals surface area contributed by atoms with Crippen molar-refractivity contribution < 1.29 is 14.6 Å². The fourth-order valence-corrected chi connectivity index (χ4v) is 2.76. The third kappa shape index (κ3) is 3.32. The van der Waals surface area contributed by atoms with Crippen LogP contribution >= 0.6 is 0 Å². The number of aliphatic hydroxyl groups excluding tert-OH is 1. The molecule has 2 N–H and O–H groups in total. The molecule has 0 fully saturated rings. The molecule has 0 radical (unpaired) electrons. The number of nitrogens with zero attached hydrogens (tertiary/aromatic N) is 1. The third-order valence-corrected chi connectivity index (χ3v) is 3.93. The quantitative estimate of drug-likeness (QED) is 0.732. The first-order chi connectivity index (χ1) is 11.7. The largest absolute Gasteiger partial charge is 0.392 e. The van der Waals surface area contributed by atoms with Crippen LogP contribution in [0.3, 0.4) is 0 Å². The van der Waals surface area contributed by atoms with E-state index in [4.69, 9.17) is 4.74 Å². The predicted molar refractivity (Wildman–Crippen MR) is 94.1 cm³/mol. The minimum absolute atomic E-state index is 0.0577. The molecule has 1 aromatic heterocycles. The molecule has 0 aliphatic heterocycles. The molecule has 5 nitrogen and oxygen atoms in total. The molecule has 0 aliphatic carbocycles. The van der Waals surface area contributed by atoms with Gasteiger partial charge < -0.3 is 19.7 Å². The van der Waals surface area contributed by atoms with Gasteiger partial charge in [-0.05, 0) is 29.8 Å². The maximum absolute atomic E-state index is 12.7. The normalized spacial score (nSPS) is 10.9. The van der Waals surface area contributed by atoms with Crippen molar-refractivity contribution in [2.24, 2.45) is 0 Å². The molecule has 0 saturated carbocycles. The van der Waals surface area contributed by atoms with E-state index in [1.54, 1.807) is 19.2 Å². The standard InChI is InChI=1S/C19H20N2O3/c1-24-10-9-21-17-8-3-2-6-15(17)12-18(21)19(23)20-16-7-4-5-14(11-16)13-22/h2-8,11-12,22H,9-10,13H2,1H3,(H,20,23). The van der Waals surface area contributed by atoms with Gasteiger partial charge in [0, 0.05) is 30.2 Å². The van der Waals surface area contributed by atoms with E-state index in [0.29, 0.717) is 24.5 Å². The van der Waals surface area contributed by atoms with Gasteiger partial charge in [-0.3, -0.25) is 4.79 Å². The molecule has 3 rings (SSSR count).